The van der Waals surface area contributed by atoms with Gasteiger partial charge in [-0.3, -0.25) is 4.79 Å². The number of aromatic nitrogens is 1. The maximum absolute atomic E-state index is 12.7. The smallest absolute Gasteiger partial charge is 0.267 e. The van der Waals surface area contributed by atoms with Gasteiger partial charge in [-0.25, -0.2) is 4.98 Å². The molecule has 21 heavy (non-hydrogen) atoms. The molecule has 1 unspecified atom stereocenters. The number of likely N-dealkylation sites (tertiary alicyclic amines) is 1. The highest BCUT2D eigenvalue weighted by molar-refractivity contribution is 7.18. The normalized spacial score (nSPS) is 19.4. The van der Waals surface area contributed by atoms with E-state index < -0.39 is 0 Å². The molecular formula is C15H26N4OS. The van der Waals surface area contributed by atoms with Crippen molar-refractivity contribution in [2.45, 2.75) is 39.5 Å². The van der Waals surface area contributed by atoms with Gasteiger partial charge >= 0.3 is 0 Å². The molecule has 0 bridgehead atoms. The van der Waals surface area contributed by atoms with Crippen molar-refractivity contribution >= 4 is 28.2 Å². The molecule has 1 aliphatic heterocycles. The van der Waals surface area contributed by atoms with Gasteiger partial charge in [0.15, 0.2) is 5.13 Å². The summed E-state index contributed by atoms with van der Waals surface area (Å²) in [6.07, 6.45) is 4.62. The van der Waals surface area contributed by atoms with Gasteiger partial charge in [0, 0.05) is 26.7 Å². The van der Waals surface area contributed by atoms with E-state index in [2.05, 4.69) is 18.8 Å². The number of anilines is 2. The first kappa shape index (κ1) is 16.1. The van der Waals surface area contributed by atoms with Gasteiger partial charge in [-0.15, -0.1) is 0 Å². The van der Waals surface area contributed by atoms with Crippen molar-refractivity contribution < 1.29 is 4.79 Å². The van der Waals surface area contributed by atoms with Crippen molar-refractivity contribution in [2.75, 3.05) is 37.3 Å². The van der Waals surface area contributed by atoms with Crippen LogP contribution in [-0.2, 0) is 0 Å². The molecule has 1 atom stereocenters. The van der Waals surface area contributed by atoms with Gasteiger partial charge in [0.2, 0.25) is 0 Å². The van der Waals surface area contributed by atoms with E-state index in [1.54, 1.807) is 0 Å². The predicted octanol–water partition coefficient (Wildman–Crippen LogP) is 2.83. The zero-order valence-electron chi connectivity index (χ0n) is 13.3. The van der Waals surface area contributed by atoms with Crippen molar-refractivity contribution in [2.24, 2.45) is 5.92 Å². The second kappa shape index (κ2) is 7.11. The summed E-state index contributed by atoms with van der Waals surface area (Å²) in [6.45, 7) is 6.82. The highest BCUT2D eigenvalue weighted by Gasteiger charge is 2.25. The third-order valence-corrected chi connectivity index (χ3v) is 5.52. The first-order chi connectivity index (χ1) is 10.1. The molecule has 1 fully saturated rings. The third-order valence-electron chi connectivity index (χ3n) is 4.35. The number of hydrogen-bond donors (Lipinski definition) is 1. The summed E-state index contributed by atoms with van der Waals surface area (Å²) < 4.78 is 0. The molecule has 0 saturated carbocycles. The first-order valence-electron chi connectivity index (χ1n) is 7.83. The van der Waals surface area contributed by atoms with Crippen LogP contribution in [0.5, 0.6) is 0 Å². The Bertz CT molecular complexity index is 488. The molecular weight excluding hydrogens is 284 g/mol. The van der Waals surface area contributed by atoms with E-state index in [1.165, 1.54) is 24.2 Å². The highest BCUT2D eigenvalue weighted by Crippen LogP contribution is 2.30. The lowest BCUT2D eigenvalue weighted by atomic mass is 9.98. The Balaban J connectivity index is 2.10. The SMILES string of the molecule is CCC1CCCN(C(=O)c2sc(N(C)CC)nc2N)CC1. The number of carbonyl (C=O) groups is 1. The summed E-state index contributed by atoms with van der Waals surface area (Å²) in [5.41, 5.74) is 5.96. The van der Waals surface area contributed by atoms with Crippen LogP contribution >= 0.6 is 11.3 Å². The van der Waals surface area contributed by atoms with Crippen LogP contribution < -0.4 is 10.6 Å². The Morgan fingerprint density at radius 2 is 2.19 bits per heavy atom. The van der Waals surface area contributed by atoms with E-state index in [0.29, 0.717) is 10.7 Å². The zero-order chi connectivity index (χ0) is 15.4. The largest absolute Gasteiger partial charge is 0.382 e. The number of thiazole rings is 1. The van der Waals surface area contributed by atoms with Crippen LogP contribution in [0.2, 0.25) is 0 Å². The Hall–Kier alpha value is -1.30. The summed E-state index contributed by atoms with van der Waals surface area (Å²) >= 11 is 1.41. The first-order valence-corrected chi connectivity index (χ1v) is 8.65. The van der Waals surface area contributed by atoms with E-state index in [0.717, 1.165) is 43.5 Å². The molecule has 0 spiro atoms. The minimum Gasteiger partial charge on any atom is -0.382 e. The quantitative estimate of drug-likeness (QED) is 0.929. The van der Waals surface area contributed by atoms with E-state index in [1.807, 2.05) is 16.8 Å². The number of rotatable bonds is 4. The standard InChI is InChI=1S/C15H26N4OS/c1-4-11-7-6-9-19(10-8-11)14(20)12-13(16)17-15(21-12)18(3)5-2/h11H,4-10,16H2,1-3H3. The number of hydrogen-bond acceptors (Lipinski definition) is 5. The summed E-state index contributed by atoms with van der Waals surface area (Å²) in [6, 6.07) is 0. The van der Waals surface area contributed by atoms with Crippen LogP contribution in [0.4, 0.5) is 10.9 Å². The second-order valence-electron chi connectivity index (χ2n) is 5.72. The van der Waals surface area contributed by atoms with Gasteiger partial charge in [-0.1, -0.05) is 24.7 Å². The number of nitrogen functional groups attached to an aromatic ring is 1. The van der Waals surface area contributed by atoms with Crippen LogP contribution in [0.15, 0.2) is 0 Å². The highest BCUT2D eigenvalue weighted by atomic mass is 32.1. The maximum Gasteiger partial charge on any atom is 0.267 e. The topological polar surface area (TPSA) is 62.5 Å². The summed E-state index contributed by atoms with van der Waals surface area (Å²) in [5, 5.41) is 0.819. The maximum atomic E-state index is 12.7. The van der Waals surface area contributed by atoms with Gasteiger partial charge in [0.05, 0.1) is 0 Å². The van der Waals surface area contributed by atoms with Crippen LogP contribution in [0.1, 0.15) is 49.2 Å². The van der Waals surface area contributed by atoms with Gasteiger partial charge in [-0.2, -0.15) is 0 Å². The Labute approximate surface area is 131 Å². The third kappa shape index (κ3) is 3.67. The molecule has 1 saturated heterocycles. The van der Waals surface area contributed by atoms with Gasteiger partial charge < -0.3 is 15.5 Å². The lowest BCUT2D eigenvalue weighted by Crippen LogP contribution is -2.31. The fraction of sp³-hybridized carbons (Fsp3) is 0.733. The van der Waals surface area contributed by atoms with Crippen molar-refractivity contribution in [1.29, 1.82) is 0 Å². The van der Waals surface area contributed by atoms with Crippen LogP contribution in [-0.4, -0.2) is 42.5 Å². The molecule has 118 valence electrons. The molecule has 6 heteroatoms. The monoisotopic (exact) mass is 310 g/mol. The predicted molar refractivity (Wildman–Crippen MR) is 89.0 cm³/mol. The Morgan fingerprint density at radius 1 is 1.43 bits per heavy atom. The van der Waals surface area contributed by atoms with E-state index >= 15 is 0 Å². The lowest BCUT2D eigenvalue weighted by molar-refractivity contribution is 0.0765. The molecule has 1 amide bonds. The summed E-state index contributed by atoms with van der Waals surface area (Å²) in [7, 11) is 1.96. The molecule has 2 heterocycles. The molecule has 1 aliphatic rings. The lowest BCUT2D eigenvalue weighted by Gasteiger charge is -2.19. The average molecular weight is 310 g/mol. The van der Waals surface area contributed by atoms with Crippen LogP contribution in [0, 0.1) is 5.92 Å². The van der Waals surface area contributed by atoms with Crippen molar-refractivity contribution in [3.63, 3.8) is 0 Å². The van der Waals surface area contributed by atoms with E-state index in [9.17, 15) is 4.79 Å². The van der Waals surface area contributed by atoms with Crippen LogP contribution in [0.25, 0.3) is 0 Å². The minimum atomic E-state index is 0.0532. The van der Waals surface area contributed by atoms with Crippen molar-refractivity contribution in [3.8, 4) is 0 Å². The fourth-order valence-corrected chi connectivity index (χ4v) is 3.67. The van der Waals surface area contributed by atoms with Gasteiger partial charge in [0.25, 0.3) is 5.91 Å². The number of carbonyl (C=O) groups excluding carboxylic acids is 1. The Morgan fingerprint density at radius 3 is 2.86 bits per heavy atom. The zero-order valence-corrected chi connectivity index (χ0v) is 14.1. The molecule has 0 aliphatic carbocycles. The molecule has 5 nitrogen and oxygen atoms in total. The van der Waals surface area contributed by atoms with E-state index in [4.69, 9.17) is 5.73 Å². The average Bonchev–Trinajstić information content (AvgIpc) is 2.73. The number of amides is 1. The van der Waals surface area contributed by atoms with Crippen molar-refractivity contribution in [1.82, 2.24) is 9.88 Å². The molecule has 2 N–H and O–H groups in total. The van der Waals surface area contributed by atoms with Gasteiger partial charge in [0.1, 0.15) is 10.7 Å². The molecule has 1 aromatic rings. The molecule has 1 aromatic heterocycles. The minimum absolute atomic E-state index is 0.0532. The second-order valence-corrected chi connectivity index (χ2v) is 6.70. The molecule has 0 radical (unpaired) electrons. The Kier molecular flexibility index (Phi) is 5.45. The number of nitrogens with zero attached hydrogens (tertiary/aromatic N) is 3. The summed E-state index contributed by atoms with van der Waals surface area (Å²) in [5.74, 6) is 1.18. The van der Waals surface area contributed by atoms with Crippen LogP contribution in [0.3, 0.4) is 0 Å². The van der Waals surface area contributed by atoms with E-state index in [-0.39, 0.29) is 5.91 Å². The number of nitrogens with two attached hydrogens (primary N) is 1. The molecule has 2 rings (SSSR count). The van der Waals surface area contributed by atoms with Crippen molar-refractivity contribution in [3.05, 3.63) is 4.88 Å². The summed E-state index contributed by atoms with van der Waals surface area (Å²) in [4.78, 5) is 21.6. The fourth-order valence-electron chi connectivity index (χ4n) is 2.69. The molecule has 0 aromatic carbocycles. The van der Waals surface area contributed by atoms with Gasteiger partial charge in [-0.05, 0) is 32.1 Å².